The number of nitrogens with zero attached hydrogens (tertiary/aromatic N) is 1. The third kappa shape index (κ3) is 3.20. The Labute approximate surface area is 93.2 Å². The summed E-state index contributed by atoms with van der Waals surface area (Å²) in [6, 6.07) is 0.416. The first-order chi connectivity index (χ1) is 7.20. The maximum absolute atomic E-state index is 12.1. The lowest BCUT2D eigenvalue weighted by Gasteiger charge is -2.31. The first-order valence-electron chi connectivity index (χ1n) is 6.18. The van der Waals surface area contributed by atoms with Gasteiger partial charge in [-0.25, -0.2) is 0 Å². The van der Waals surface area contributed by atoms with Crippen molar-refractivity contribution in [3.8, 4) is 0 Å². The zero-order chi connectivity index (χ0) is 11.3. The number of piperidine rings is 1. The van der Waals surface area contributed by atoms with Crippen LogP contribution in [0, 0.1) is 5.92 Å². The number of carbonyl (C=O) groups excluding carboxylic acids is 1. The van der Waals surface area contributed by atoms with E-state index in [2.05, 4.69) is 19.2 Å². The van der Waals surface area contributed by atoms with E-state index in [1.165, 1.54) is 0 Å². The number of carbonyl (C=O) groups is 1. The van der Waals surface area contributed by atoms with Crippen LogP contribution in [0.3, 0.4) is 0 Å². The van der Waals surface area contributed by atoms with Crippen LogP contribution in [-0.2, 0) is 4.79 Å². The molecule has 0 aromatic heterocycles. The Morgan fingerprint density at radius 3 is 2.60 bits per heavy atom. The summed E-state index contributed by atoms with van der Waals surface area (Å²) in [7, 11) is 1.95. The van der Waals surface area contributed by atoms with Crippen LogP contribution in [0.25, 0.3) is 0 Å². The van der Waals surface area contributed by atoms with Gasteiger partial charge in [-0.1, -0.05) is 13.8 Å². The summed E-state index contributed by atoms with van der Waals surface area (Å²) in [5.74, 6) is 0.542. The van der Waals surface area contributed by atoms with Gasteiger partial charge < -0.3 is 10.2 Å². The van der Waals surface area contributed by atoms with Gasteiger partial charge in [-0.2, -0.15) is 0 Å². The second-order valence-corrected chi connectivity index (χ2v) is 4.46. The highest BCUT2D eigenvalue weighted by Crippen LogP contribution is 2.16. The van der Waals surface area contributed by atoms with Crippen LogP contribution >= 0.6 is 0 Å². The van der Waals surface area contributed by atoms with Gasteiger partial charge in [0.25, 0.3) is 0 Å². The lowest BCUT2D eigenvalue weighted by Crippen LogP contribution is -2.45. The fraction of sp³-hybridized carbons (Fsp3) is 0.917. The lowest BCUT2D eigenvalue weighted by atomic mass is 9.97. The van der Waals surface area contributed by atoms with Crippen molar-refractivity contribution in [1.82, 2.24) is 10.2 Å². The van der Waals surface area contributed by atoms with E-state index in [-0.39, 0.29) is 5.92 Å². The molecule has 15 heavy (non-hydrogen) atoms. The second kappa shape index (κ2) is 6.11. The molecular weight excluding hydrogens is 188 g/mol. The van der Waals surface area contributed by atoms with Crippen LogP contribution in [0.5, 0.6) is 0 Å². The minimum Gasteiger partial charge on any atom is -0.343 e. The summed E-state index contributed by atoms with van der Waals surface area (Å²) in [6.07, 6.45) is 4.29. The lowest BCUT2D eigenvalue weighted by molar-refractivity contribution is -0.137. The maximum Gasteiger partial charge on any atom is 0.226 e. The van der Waals surface area contributed by atoms with E-state index in [9.17, 15) is 4.79 Å². The normalized spacial score (nSPS) is 21.7. The van der Waals surface area contributed by atoms with E-state index < -0.39 is 0 Å². The Morgan fingerprint density at radius 1 is 1.47 bits per heavy atom. The van der Waals surface area contributed by atoms with Crippen molar-refractivity contribution in [3.05, 3.63) is 0 Å². The van der Waals surface area contributed by atoms with Crippen molar-refractivity contribution in [2.75, 3.05) is 20.1 Å². The SMILES string of the molecule is CCC(CC)N(C)C(=O)[C@@H]1CCCNC1. The van der Waals surface area contributed by atoms with Gasteiger partial charge >= 0.3 is 0 Å². The summed E-state index contributed by atoms with van der Waals surface area (Å²) in [6.45, 7) is 6.23. The first-order valence-corrected chi connectivity index (χ1v) is 6.18. The average Bonchev–Trinajstić information content (AvgIpc) is 2.30. The van der Waals surface area contributed by atoms with Gasteiger partial charge in [-0.05, 0) is 32.2 Å². The quantitative estimate of drug-likeness (QED) is 0.768. The largest absolute Gasteiger partial charge is 0.343 e. The Balaban J connectivity index is 2.49. The zero-order valence-corrected chi connectivity index (χ0v) is 10.3. The van der Waals surface area contributed by atoms with Crippen molar-refractivity contribution < 1.29 is 4.79 Å². The van der Waals surface area contributed by atoms with Crippen molar-refractivity contribution >= 4 is 5.91 Å². The van der Waals surface area contributed by atoms with E-state index in [0.29, 0.717) is 11.9 Å². The van der Waals surface area contributed by atoms with Gasteiger partial charge in [-0.3, -0.25) is 4.79 Å². The highest BCUT2D eigenvalue weighted by Gasteiger charge is 2.26. The van der Waals surface area contributed by atoms with Gasteiger partial charge in [0, 0.05) is 19.6 Å². The van der Waals surface area contributed by atoms with E-state index in [0.717, 1.165) is 38.8 Å². The standard InChI is InChI=1S/C12H24N2O/c1-4-11(5-2)14(3)12(15)10-7-6-8-13-9-10/h10-11,13H,4-9H2,1-3H3/t10-/m1/s1. The summed E-state index contributed by atoms with van der Waals surface area (Å²) in [5, 5.41) is 3.30. The fourth-order valence-corrected chi connectivity index (χ4v) is 2.37. The summed E-state index contributed by atoms with van der Waals surface area (Å²) in [5.41, 5.74) is 0. The van der Waals surface area contributed by atoms with E-state index in [1.807, 2.05) is 11.9 Å². The van der Waals surface area contributed by atoms with E-state index in [4.69, 9.17) is 0 Å². The smallest absolute Gasteiger partial charge is 0.226 e. The number of nitrogens with one attached hydrogen (secondary N) is 1. The summed E-state index contributed by atoms with van der Waals surface area (Å²) in [4.78, 5) is 14.1. The summed E-state index contributed by atoms with van der Waals surface area (Å²) < 4.78 is 0. The van der Waals surface area contributed by atoms with Gasteiger partial charge in [-0.15, -0.1) is 0 Å². The van der Waals surface area contributed by atoms with Crippen LogP contribution in [-0.4, -0.2) is 37.0 Å². The predicted octanol–water partition coefficient (Wildman–Crippen LogP) is 1.63. The molecule has 0 bridgehead atoms. The minimum absolute atomic E-state index is 0.212. The van der Waals surface area contributed by atoms with Crippen molar-refractivity contribution in [3.63, 3.8) is 0 Å². The Bertz CT molecular complexity index is 196. The van der Waals surface area contributed by atoms with E-state index in [1.54, 1.807) is 0 Å². The topological polar surface area (TPSA) is 32.3 Å². The average molecular weight is 212 g/mol. The Kier molecular flexibility index (Phi) is 5.09. The van der Waals surface area contributed by atoms with Crippen molar-refractivity contribution in [2.45, 2.75) is 45.6 Å². The second-order valence-electron chi connectivity index (χ2n) is 4.46. The number of hydrogen-bond donors (Lipinski definition) is 1. The maximum atomic E-state index is 12.1. The first kappa shape index (κ1) is 12.5. The predicted molar refractivity (Wildman–Crippen MR) is 62.7 cm³/mol. The molecule has 0 saturated carbocycles. The van der Waals surface area contributed by atoms with E-state index >= 15 is 0 Å². The molecule has 1 rings (SSSR count). The molecule has 0 aliphatic carbocycles. The molecule has 3 nitrogen and oxygen atoms in total. The number of hydrogen-bond acceptors (Lipinski definition) is 2. The van der Waals surface area contributed by atoms with Crippen LogP contribution in [0.15, 0.2) is 0 Å². The van der Waals surface area contributed by atoms with Crippen LogP contribution in [0.2, 0.25) is 0 Å². The molecule has 1 heterocycles. The van der Waals surface area contributed by atoms with Crippen LogP contribution in [0.1, 0.15) is 39.5 Å². The molecule has 0 spiro atoms. The molecule has 88 valence electrons. The number of rotatable bonds is 4. The highest BCUT2D eigenvalue weighted by molar-refractivity contribution is 5.79. The fourth-order valence-electron chi connectivity index (χ4n) is 2.37. The van der Waals surface area contributed by atoms with Crippen LogP contribution < -0.4 is 5.32 Å². The molecule has 1 atom stereocenters. The van der Waals surface area contributed by atoms with Gasteiger partial charge in [0.05, 0.1) is 5.92 Å². The molecule has 0 aromatic carbocycles. The Hall–Kier alpha value is -0.570. The number of amides is 1. The molecule has 0 radical (unpaired) electrons. The molecule has 1 amide bonds. The molecule has 0 unspecified atom stereocenters. The minimum atomic E-state index is 0.212. The molecule has 1 fully saturated rings. The third-order valence-corrected chi connectivity index (χ3v) is 3.48. The van der Waals surface area contributed by atoms with Gasteiger partial charge in [0.2, 0.25) is 5.91 Å². The van der Waals surface area contributed by atoms with Gasteiger partial charge in [0.15, 0.2) is 0 Å². The molecule has 1 aliphatic rings. The molecular formula is C12H24N2O. The molecule has 1 saturated heterocycles. The van der Waals surface area contributed by atoms with Gasteiger partial charge in [0.1, 0.15) is 0 Å². The zero-order valence-electron chi connectivity index (χ0n) is 10.3. The van der Waals surface area contributed by atoms with Crippen molar-refractivity contribution in [2.24, 2.45) is 5.92 Å². The molecule has 0 aromatic rings. The summed E-state index contributed by atoms with van der Waals surface area (Å²) >= 11 is 0. The van der Waals surface area contributed by atoms with Crippen LogP contribution in [0.4, 0.5) is 0 Å². The molecule has 1 N–H and O–H groups in total. The molecule has 3 heteroatoms. The monoisotopic (exact) mass is 212 g/mol. The molecule has 1 aliphatic heterocycles. The highest BCUT2D eigenvalue weighted by atomic mass is 16.2. The Morgan fingerprint density at radius 2 is 2.13 bits per heavy atom. The van der Waals surface area contributed by atoms with Crippen molar-refractivity contribution in [1.29, 1.82) is 0 Å². The third-order valence-electron chi connectivity index (χ3n) is 3.48.